The second-order valence-corrected chi connectivity index (χ2v) is 5.06. The topological polar surface area (TPSA) is 67.0 Å². The Morgan fingerprint density at radius 2 is 2.09 bits per heavy atom. The van der Waals surface area contributed by atoms with Gasteiger partial charge in [0, 0.05) is 12.5 Å². The Morgan fingerprint density at radius 3 is 2.91 bits per heavy atom. The molecule has 0 saturated carbocycles. The molecule has 0 unspecified atom stereocenters. The number of nitrogens with one attached hydrogen (secondary N) is 2. The zero-order valence-electron chi connectivity index (χ0n) is 12.4. The Labute approximate surface area is 132 Å². The van der Waals surface area contributed by atoms with Crippen molar-refractivity contribution < 1.29 is 13.9 Å². The average Bonchev–Trinajstić information content (AvgIpc) is 2.94. The van der Waals surface area contributed by atoms with Crippen LogP contribution in [0.25, 0.3) is 11.0 Å². The maximum absolute atomic E-state index is 13.0. The molecule has 3 aromatic rings. The summed E-state index contributed by atoms with van der Waals surface area (Å²) in [5.74, 6) is 0.405. The molecule has 2 N–H and O–H groups in total. The first-order valence-electron chi connectivity index (χ1n) is 7.34. The molecule has 0 aliphatic carbocycles. The first kappa shape index (κ1) is 15.0. The van der Waals surface area contributed by atoms with Crippen molar-refractivity contribution in [2.24, 2.45) is 0 Å². The first-order chi connectivity index (χ1) is 11.2. The summed E-state index contributed by atoms with van der Waals surface area (Å²) in [5.41, 5.74) is 1.68. The Morgan fingerprint density at radius 1 is 1.22 bits per heavy atom. The third-order valence-corrected chi connectivity index (χ3v) is 3.26. The van der Waals surface area contributed by atoms with Crippen LogP contribution >= 0.6 is 0 Å². The van der Waals surface area contributed by atoms with Crippen LogP contribution in [-0.2, 0) is 4.79 Å². The summed E-state index contributed by atoms with van der Waals surface area (Å²) < 4.78 is 18.4. The van der Waals surface area contributed by atoms with E-state index in [0.717, 1.165) is 11.0 Å². The largest absolute Gasteiger partial charge is 0.493 e. The average molecular weight is 313 g/mol. The molecule has 6 heteroatoms. The van der Waals surface area contributed by atoms with Gasteiger partial charge in [0.2, 0.25) is 11.9 Å². The molecule has 0 spiro atoms. The third-order valence-electron chi connectivity index (χ3n) is 3.26. The van der Waals surface area contributed by atoms with Crippen LogP contribution < -0.4 is 10.1 Å². The number of carbonyl (C=O) groups is 1. The lowest BCUT2D eigenvalue weighted by Gasteiger charge is -2.06. The Hall–Kier alpha value is -2.89. The number of amides is 1. The number of aromatic nitrogens is 2. The molecule has 1 aromatic heterocycles. The normalized spacial score (nSPS) is 10.7. The van der Waals surface area contributed by atoms with E-state index in [9.17, 15) is 9.18 Å². The quantitative estimate of drug-likeness (QED) is 0.684. The van der Waals surface area contributed by atoms with Crippen LogP contribution in [0.1, 0.15) is 12.8 Å². The number of ether oxygens (including phenoxy) is 1. The fraction of sp³-hybridized carbons (Fsp3) is 0.176. The predicted octanol–water partition coefficient (Wildman–Crippen LogP) is 3.50. The number of benzene rings is 2. The smallest absolute Gasteiger partial charge is 0.226 e. The summed E-state index contributed by atoms with van der Waals surface area (Å²) in [6, 6.07) is 13.5. The van der Waals surface area contributed by atoms with Gasteiger partial charge in [0.1, 0.15) is 11.6 Å². The van der Waals surface area contributed by atoms with Gasteiger partial charge in [-0.25, -0.2) is 9.37 Å². The van der Waals surface area contributed by atoms with E-state index >= 15 is 0 Å². The van der Waals surface area contributed by atoms with E-state index in [0.29, 0.717) is 31.1 Å². The maximum atomic E-state index is 13.0. The molecule has 1 amide bonds. The van der Waals surface area contributed by atoms with Gasteiger partial charge in [-0.1, -0.05) is 18.2 Å². The lowest BCUT2D eigenvalue weighted by Crippen LogP contribution is -2.13. The van der Waals surface area contributed by atoms with Crippen LogP contribution in [0.4, 0.5) is 10.3 Å². The maximum Gasteiger partial charge on any atom is 0.226 e. The minimum absolute atomic E-state index is 0.146. The van der Waals surface area contributed by atoms with Crippen LogP contribution in [0.15, 0.2) is 48.5 Å². The molecule has 23 heavy (non-hydrogen) atoms. The van der Waals surface area contributed by atoms with Gasteiger partial charge in [-0.05, 0) is 30.7 Å². The lowest BCUT2D eigenvalue weighted by atomic mass is 10.3. The molecule has 0 fully saturated rings. The molecular formula is C17H16FN3O2. The molecule has 1 heterocycles. The van der Waals surface area contributed by atoms with Crippen LogP contribution in [-0.4, -0.2) is 22.5 Å². The molecule has 0 atom stereocenters. The molecule has 5 nitrogen and oxygen atoms in total. The number of anilines is 1. The van der Waals surface area contributed by atoms with Gasteiger partial charge >= 0.3 is 0 Å². The van der Waals surface area contributed by atoms with Crippen molar-refractivity contribution in [1.29, 1.82) is 0 Å². The summed E-state index contributed by atoms with van der Waals surface area (Å²) in [7, 11) is 0. The van der Waals surface area contributed by atoms with Crippen LogP contribution in [0.5, 0.6) is 5.75 Å². The van der Waals surface area contributed by atoms with Gasteiger partial charge in [-0.15, -0.1) is 0 Å². The van der Waals surface area contributed by atoms with Crippen LogP contribution in [0, 0.1) is 5.82 Å². The number of hydrogen-bond acceptors (Lipinski definition) is 3. The summed E-state index contributed by atoms with van der Waals surface area (Å²) in [6.07, 6.45) is 0.828. The SMILES string of the molecule is O=C(CCCOc1cccc(F)c1)Nc1nc2ccccc2[nH]1. The van der Waals surface area contributed by atoms with E-state index in [4.69, 9.17) is 4.74 Å². The molecule has 0 radical (unpaired) electrons. The monoisotopic (exact) mass is 313 g/mol. The van der Waals surface area contributed by atoms with Crippen molar-refractivity contribution in [3.8, 4) is 5.75 Å². The standard InChI is InChI=1S/C17H16FN3O2/c18-12-5-3-6-13(11-12)23-10-4-9-16(22)21-17-19-14-7-1-2-8-15(14)20-17/h1-3,5-8,11H,4,9-10H2,(H2,19,20,21,22). The lowest BCUT2D eigenvalue weighted by molar-refractivity contribution is -0.116. The van der Waals surface area contributed by atoms with Crippen LogP contribution in [0.2, 0.25) is 0 Å². The second kappa shape index (κ2) is 6.91. The molecule has 0 aliphatic heterocycles. The van der Waals surface area contributed by atoms with Crippen molar-refractivity contribution in [1.82, 2.24) is 9.97 Å². The van der Waals surface area contributed by atoms with Crippen molar-refractivity contribution in [2.75, 3.05) is 11.9 Å². The number of nitrogens with zero attached hydrogens (tertiary/aromatic N) is 1. The molecule has 2 aromatic carbocycles. The predicted molar refractivity (Wildman–Crippen MR) is 85.9 cm³/mol. The van der Waals surface area contributed by atoms with Gasteiger partial charge in [0.15, 0.2) is 0 Å². The van der Waals surface area contributed by atoms with Crippen molar-refractivity contribution in [3.63, 3.8) is 0 Å². The van der Waals surface area contributed by atoms with Crippen LogP contribution in [0.3, 0.4) is 0 Å². The minimum atomic E-state index is -0.342. The number of para-hydroxylation sites is 2. The van der Waals surface area contributed by atoms with Gasteiger partial charge in [0.25, 0.3) is 0 Å². The van der Waals surface area contributed by atoms with Gasteiger partial charge in [-0.3, -0.25) is 10.1 Å². The number of H-pyrrole nitrogens is 1. The number of fused-ring (bicyclic) bond motifs is 1. The molecule has 0 saturated heterocycles. The molecular weight excluding hydrogens is 297 g/mol. The number of aromatic amines is 1. The van der Waals surface area contributed by atoms with Gasteiger partial charge < -0.3 is 9.72 Å². The number of hydrogen-bond donors (Lipinski definition) is 2. The van der Waals surface area contributed by atoms with E-state index in [1.54, 1.807) is 12.1 Å². The number of halogens is 1. The summed E-state index contributed by atoms with van der Waals surface area (Å²) in [4.78, 5) is 19.2. The van der Waals surface area contributed by atoms with Crippen molar-refractivity contribution in [3.05, 3.63) is 54.3 Å². The minimum Gasteiger partial charge on any atom is -0.493 e. The fourth-order valence-electron chi connectivity index (χ4n) is 2.19. The highest BCUT2D eigenvalue weighted by molar-refractivity contribution is 5.90. The highest BCUT2D eigenvalue weighted by Gasteiger charge is 2.06. The van der Waals surface area contributed by atoms with E-state index in [-0.39, 0.29) is 11.7 Å². The van der Waals surface area contributed by atoms with E-state index < -0.39 is 0 Å². The third kappa shape index (κ3) is 4.06. The highest BCUT2D eigenvalue weighted by atomic mass is 19.1. The number of rotatable bonds is 6. The Kier molecular flexibility index (Phi) is 4.52. The van der Waals surface area contributed by atoms with E-state index in [1.165, 1.54) is 12.1 Å². The summed E-state index contributed by atoms with van der Waals surface area (Å²) in [5, 5.41) is 2.72. The van der Waals surface area contributed by atoms with Gasteiger partial charge in [0.05, 0.1) is 17.6 Å². The zero-order valence-corrected chi connectivity index (χ0v) is 12.4. The molecule has 118 valence electrons. The molecule has 0 bridgehead atoms. The van der Waals surface area contributed by atoms with E-state index in [1.807, 2.05) is 24.3 Å². The Bertz CT molecular complexity index is 783. The first-order valence-corrected chi connectivity index (χ1v) is 7.34. The van der Waals surface area contributed by atoms with Crippen molar-refractivity contribution >= 4 is 22.9 Å². The second-order valence-electron chi connectivity index (χ2n) is 5.06. The zero-order chi connectivity index (χ0) is 16.1. The molecule has 0 aliphatic rings. The number of carbonyl (C=O) groups excluding carboxylic acids is 1. The van der Waals surface area contributed by atoms with E-state index in [2.05, 4.69) is 15.3 Å². The van der Waals surface area contributed by atoms with Crippen molar-refractivity contribution in [2.45, 2.75) is 12.8 Å². The summed E-state index contributed by atoms with van der Waals surface area (Å²) in [6.45, 7) is 0.344. The number of imidazole rings is 1. The highest BCUT2D eigenvalue weighted by Crippen LogP contribution is 2.14. The molecule has 3 rings (SSSR count). The summed E-state index contributed by atoms with van der Waals surface area (Å²) >= 11 is 0. The Balaban J connectivity index is 1.44. The van der Waals surface area contributed by atoms with Gasteiger partial charge in [-0.2, -0.15) is 0 Å². The fourth-order valence-corrected chi connectivity index (χ4v) is 2.19.